The smallest absolute Gasteiger partial charge is 0.0649 e. The average molecular weight is 256 g/mol. The lowest BCUT2D eigenvalue weighted by Gasteiger charge is -2.23. The fourth-order valence-electron chi connectivity index (χ4n) is 1.73. The van der Waals surface area contributed by atoms with Crippen LogP contribution < -0.4 is 0 Å². The topological polar surface area (TPSA) is 9.23 Å². The van der Waals surface area contributed by atoms with E-state index >= 15 is 0 Å². The highest BCUT2D eigenvalue weighted by Crippen LogP contribution is 2.71. The Labute approximate surface area is 89.2 Å². The van der Waals surface area contributed by atoms with Crippen molar-refractivity contribution >= 4 is 33.1 Å². The van der Waals surface area contributed by atoms with Crippen LogP contribution in [0.15, 0.2) is 0 Å². The van der Waals surface area contributed by atoms with Gasteiger partial charge in [-0.25, -0.2) is 0 Å². The van der Waals surface area contributed by atoms with Crippen molar-refractivity contribution in [1.29, 1.82) is 0 Å². The molecule has 13 heavy (non-hydrogen) atoms. The Morgan fingerprint density at radius 3 is 3.00 bits per heavy atom. The monoisotopic (exact) mass is 256 g/mol. The van der Waals surface area contributed by atoms with Crippen molar-refractivity contribution in [3.05, 3.63) is 0 Å². The summed E-state index contributed by atoms with van der Waals surface area (Å²) in [6, 6.07) is 0. The van der Waals surface area contributed by atoms with Gasteiger partial charge in [0.05, 0.1) is 6.10 Å². The third-order valence-corrected chi connectivity index (χ3v) is 13.9. The molecule has 1 nitrogen and oxygen atoms in total. The quantitative estimate of drug-likeness (QED) is 0.676. The molecular formula is C8H20OP4. The minimum absolute atomic E-state index is 0.147. The Morgan fingerprint density at radius 1 is 1.62 bits per heavy atom. The molecule has 1 rings (SSSR count). The van der Waals surface area contributed by atoms with Crippen molar-refractivity contribution in [1.82, 2.24) is 0 Å². The van der Waals surface area contributed by atoms with Gasteiger partial charge in [-0.05, 0) is 12.8 Å². The van der Waals surface area contributed by atoms with E-state index in [0.717, 1.165) is 20.2 Å². The van der Waals surface area contributed by atoms with E-state index in [-0.39, 0.29) is 7.30 Å². The van der Waals surface area contributed by atoms with Crippen LogP contribution in [-0.2, 0) is 4.74 Å². The summed E-state index contributed by atoms with van der Waals surface area (Å²) in [4.78, 5) is 0. The lowest BCUT2D eigenvalue weighted by atomic mass is 10.1. The van der Waals surface area contributed by atoms with Gasteiger partial charge in [-0.15, -0.1) is 17.9 Å². The van der Waals surface area contributed by atoms with Gasteiger partial charge in [0.15, 0.2) is 0 Å². The molecule has 0 aliphatic carbocycles. The summed E-state index contributed by atoms with van der Waals surface area (Å²) in [6.07, 6.45) is 5.78. The molecule has 0 aromatic rings. The van der Waals surface area contributed by atoms with Crippen LogP contribution >= 0.6 is 33.1 Å². The zero-order valence-electron chi connectivity index (χ0n) is 8.20. The van der Waals surface area contributed by atoms with Crippen molar-refractivity contribution in [3.8, 4) is 0 Å². The molecule has 78 valence electrons. The van der Waals surface area contributed by atoms with Crippen LogP contribution in [0.25, 0.3) is 0 Å². The SMILES string of the molecule is CCCCC1OCCC1P(P)PP. The molecule has 0 aromatic heterocycles. The number of ether oxygens (including phenoxy) is 1. The molecule has 6 unspecified atom stereocenters. The van der Waals surface area contributed by atoms with Crippen molar-refractivity contribution in [3.63, 3.8) is 0 Å². The number of rotatable bonds is 5. The molecule has 0 amide bonds. The predicted octanol–water partition coefficient (Wildman–Crippen LogP) is 3.99. The molecule has 1 fully saturated rings. The van der Waals surface area contributed by atoms with Gasteiger partial charge >= 0.3 is 0 Å². The molecule has 1 saturated heterocycles. The summed E-state index contributed by atoms with van der Waals surface area (Å²) in [7, 11) is 7.11. The van der Waals surface area contributed by atoms with Gasteiger partial charge in [-0.1, -0.05) is 35.0 Å². The molecule has 0 bridgehead atoms. The van der Waals surface area contributed by atoms with Crippen LogP contribution in [0, 0.1) is 0 Å². The molecule has 6 atom stereocenters. The summed E-state index contributed by atoms with van der Waals surface area (Å²) in [5.74, 6) is 0. The molecular weight excluding hydrogens is 236 g/mol. The number of hydrogen-bond donors (Lipinski definition) is 0. The molecule has 0 saturated carbocycles. The minimum atomic E-state index is 0.147. The highest BCUT2D eigenvalue weighted by Gasteiger charge is 2.31. The predicted molar refractivity (Wildman–Crippen MR) is 72.3 cm³/mol. The van der Waals surface area contributed by atoms with E-state index in [1.54, 1.807) is 0 Å². The Bertz CT molecular complexity index is 144. The standard InChI is InChI=1S/C8H20OP4/c1-2-3-4-7-8(5-6-9-7)13(11)12-10/h7-8,12H,2-6,10-11H2,1H3. The van der Waals surface area contributed by atoms with E-state index in [1.165, 1.54) is 25.7 Å². The molecule has 1 aliphatic heterocycles. The molecule has 0 radical (unpaired) electrons. The summed E-state index contributed by atoms with van der Waals surface area (Å²) >= 11 is 0. The van der Waals surface area contributed by atoms with Gasteiger partial charge in [-0.2, -0.15) is 0 Å². The molecule has 0 aromatic carbocycles. The van der Waals surface area contributed by atoms with Crippen LogP contribution in [0.4, 0.5) is 0 Å². The molecule has 1 heterocycles. The summed E-state index contributed by atoms with van der Waals surface area (Å²) < 4.78 is 5.79. The van der Waals surface area contributed by atoms with E-state index in [4.69, 9.17) is 4.74 Å². The van der Waals surface area contributed by atoms with Gasteiger partial charge < -0.3 is 4.74 Å². The normalized spacial score (nSPS) is 31.6. The molecule has 1 aliphatic rings. The second-order valence-corrected chi connectivity index (χ2v) is 13.0. The Kier molecular flexibility index (Phi) is 6.90. The number of unbranched alkanes of at least 4 members (excludes halogenated alkanes) is 1. The molecule has 5 heteroatoms. The minimum Gasteiger partial charge on any atom is -0.378 e. The first-order valence-corrected chi connectivity index (χ1v) is 11.6. The van der Waals surface area contributed by atoms with E-state index in [2.05, 4.69) is 24.8 Å². The maximum Gasteiger partial charge on any atom is 0.0649 e. The third kappa shape index (κ3) is 3.97. The molecule has 0 N–H and O–H groups in total. The van der Waals surface area contributed by atoms with E-state index in [0.29, 0.717) is 6.10 Å². The lowest BCUT2D eigenvalue weighted by Crippen LogP contribution is -2.17. The second kappa shape index (κ2) is 7.04. The van der Waals surface area contributed by atoms with Gasteiger partial charge in [0, 0.05) is 12.3 Å². The Morgan fingerprint density at radius 2 is 2.38 bits per heavy atom. The summed E-state index contributed by atoms with van der Waals surface area (Å²) in [5.41, 5.74) is 0.863. The van der Waals surface area contributed by atoms with Crippen LogP contribution in [0.3, 0.4) is 0 Å². The van der Waals surface area contributed by atoms with Crippen molar-refractivity contribution in [2.45, 2.75) is 44.4 Å². The Balaban J connectivity index is 2.34. The van der Waals surface area contributed by atoms with Gasteiger partial charge in [0.1, 0.15) is 0 Å². The maximum absolute atomic E-state index is 5.79. The van der Waals surface area contributed by atoms with Crippen LogP contribution in [0.5, 0.6) is 0 Å². The highest BCUT2D eigenvalue weighted by atomic mass is 32.6. The van der Waals surface area contributed by atoms with Crippen molar-refractivity contribution < 1.29 is 4.74 Å². The van der Waals surface area contributed by atoms with E-state index in [1.807, 2.05) is 0 Å². The van der Waals surface area contributed by atoms with E-state index < -0.39 is 0 Å². The maximum atomic E-state index is 5.79. The first kappa shape index (κ1) is 12.7. The largest absolute Gasteiger partial charge is 0.378 e. The first-order valence-electron chi connectivity index (χ1n) is 4.91. The van der Waals surface area contributed by atoms with Gasteiger partial charge in [-0.3, -0.25) is 0 Å². The van der Waals surface area contributed by atoms with Crippen molar-refractivity contribution in [2.75, 3.05) is 6.61 Å². The fourth-order valence-corrected chi connectivity index (χ4v) is 7.11. The number of hydrogen-bond acceptors (Lipinski definition) is 1. The fraction of sp³-hybridized carbons (Fsp3) is 1.00. The van der Waals surface area contributed by atoms with Crippen molar-refractivity contribution in [2.24, 2.45) is 0 Å². The summed E-state index contributed by atoms with van der Waals surface area (Å²) in [6.45, 7) is 3.26. The third-order valence-electron chi connectivity index (χ3n) is 2.52. The Hall–Kier alpha value is 1.68. The van der Waals surface area contributed by atoms with Crippen LogP contribution in [-0.4, -0.2) is 18.4 Å². The average Bonchev–Trinajstić information content (AvgIpc) is 2.61. The molecule has 0 spiro atoms. The van der Waals surface area contributed by atoms with Crippen LogP contribution in [0.2, 0.25) is 0 Å². The van der Waals surface area contributed by atoms with Gasteiger partial charge in [0.2, 0.25) is 0 Å². The van der Waals surface area contributed by atoms with Crippen LogP contribution in [0.1, 0.15) is 32.6 Å². The summed E-state index contributed by atoms with van der Waals surface area (Å²) in [5, 5.41) is 0. The zero-order valence-corrected chi connectivity index (χ0v) is 12.4. The second-order valence-electron chi connectivity index (χ2n) is 3.44. The lowest BCUT2D eigenvalue weighted by molar-refractivity contribution is 0.104. The van der Waals surface area contributed by atoms with E-state index in [9.17, 15) is 0 Å². The van der Waals surface area contributed by atoms with Gasteiger partial charge in [0.25, 0.3) is 0 Å². The highest BCUT2D eigenvalue weighted by molar-refractivity contribution is 8.61. The first-order chi connectivity index (χ1) is 6.29. The zero-order chi connectivity index (χ0) is 9.68.